The summed E-state index contributed by atoms with van der Waals surface area (Å²) in [4.78, 5) is 11.0. The molecule has 0 atom stereocenters. The first kappa shape index (κ1) is 19.2. The second-order valence-corrected chi connectivity index (χ2v) is 8.70. The number of nitrogens with zero attached hydrogens (tertiary/aromatic N) is 6. The molecule has 1 spiro atoms. The van der Waals surface area contributed by atoms with Crippen LogP contribution in [0.4, 0.5) is 4.39 Å². The first-order valence-corrected chi connectivity index (χ1v) is 10.6. The zero-order chi connectivity index (χ0) is 20.9. The minimum absolute atomic E-state index is 0.315. The highest BCUT2D eigenvalue weighted by Gasteiger charge is 2.46. The Balaban J connectivity index is 0.000000178. The Morgan fingerprint density at radius 1 is 1.03 bits per heavy atom. The monoisotopic (exact) mass is 406 g/mol. The van der Waals surface area contributed by atoms with E-state index in [1.54, 1.807) is 21.3 Å². The minimum atomic E-state index is -0.362. The van der Waals surface area contributed by atoms with Gasteiger partial charge in [-0.25, -0.2) is 18.9 Å². The molecule has 0 bridgehead atoms. The van der Waals surface area contributed by atoms with Crippen LogP contribution in [-0.2, 0) is 0 Å². The molecular weight excluding hydrogens is 379 g/mol. The van der Waals surface area contributed by atoms with Crippen molar-refractivity contribution in [2.24, 2.45) is 0 Å². The largest absolute Gasteiger partial charge is 0.304 e. The molecule has 2 fully saturated rings. The zero-order valence-electron chi connectivity index (χ0n) is 17.8. The van der Waals surface area contributed by atoms with E-state index in [1.165, 1.54) is 44.7 Å². The molecule has 6 nitrogen and oxygen atoms in total. The Labute approximate surface area is 175 Å². The number of fused-ring (bicyclic) bond motifs is 2. The predicted molar refractivity (Wildman–Crippen MR) is 115 cm³/mol. The number of rotatable bonds is 1. The average Bonchev–Trinajstić information content (AvgIpc) is 3.14. The van der Waals surface area contributed by atoms with E-state index in [-0.39, 0.29) is 5.82 Å². The quantitative estimate of drug-likeness (QED) is 0.469. The van der Waals surface area contributed by atoms with E-state index in [0.717, 1.165) is 22.4 Å². The van der Waals surface area contributed by atoms with Crippen molar-refractivity contribution in [3.05, 3.63) is 54.0 Å². The van der Waals surface area contributed by atoms with Crippen LogP contribution in [0.5, 0.6) is 0 Å². The molecule has 0 aromatic carbocycles. The van der Waals surface area contributed by atoms with Gasteiger partial charge in [-0.3, -0.25) is 0 Å². The van der Waals surface area contributed by atoms with Crippen molar-refractivity contribution in [1.82, 2.24) is 28.9 Å². The van der Waals surface area contributed by atoms with Crippen LogP contribution in [0.25, 0.3) is 22.6 Å². The lowest BCUT2D eigenvalue weighted by atomic mass is 10.0. The van der Waals surface area contributed by atoms with E-state index in [1.807, 2.05) is 32.3 Å². The fraction of sp³-hybridized carbons (Fsp3) is 0.435. The summed E-state index contributed by atoms with van der Waals surface area (Å²) in [5, 5.41) is 4.51. The Morgan fingerprint density at radius 2 is 1.87 bits per heavy atom. The second kappa shape index (κ2) is 7.16. The molecule has 5 heterocycles. The van der Waals surface area contributed by atoms with E-state index in [9.17, 15) is 4.39 Å². The third-order valence-electron chi connectivity index (χ3n) is 6.49. The third kappa shape index (κ3) is 3.37. The molecule has 1 saturated carbocycles. The highest BCUT2D eigenvalue weighted by atomic mass is 19.1. The first-order chi connectivity index (χ1) is 14.4. The van der Waals surface area contributed by atoms with Gasteiger partial charge in [-0.1, -0.05) is 6.42 Å². The van der Waals surface area contributed by atoms with Crippen molar-refractivity contribution < 1.29 is 4.39 Å². The maximum Gasteiger partial charge on any atom is 0.173 e. The number of imidazole rings is 2. The molecule has 156 valence electrons. The van der Waals surface area contributed by atoms with Crippen LogP contribution in [0.1, 0.15) is 43.4 Å². The number of pyridine rings is 1. The molecule has 30 heavy (non-hydrogen) atoms. The zero-order valence-corrected chi connectivity index (χ0v) is 17.8. The van der Waals surface area contributed by atoms with Gasteiger partial charge < -0.3 is 9.30 Å². The predicted octanol–water partition coefficient (Wildman–Crippen LogP) is 4.43. The minimum Gasteiger partial charge on any atom is -0.304 e. The Kier molecular flexibility index (Phi) is 4.58. The molecule has 7 heteroatoms. The fourth-order valence-corrected chi connectivity index (χ4v) is 4.52. The van der Waals surface area contributed by atoms with Crippen LogP contribution < -0.4 is 0 Å². The summed E-state index contributed by atoms with van der Waals surface area (Å²) in [5.41, 5.74) is 5.16. The lowest BCUT2D eigenvalue weighted by molar-refractivity contribution is 0.165. The molecule has 0 radical (unpaired) electrons. The summed E-state index contributed by atoms with van der Waals surface area (Å²) in [6.45, 7) is 5.24. The number of aryl methyl sites for hydroxylation is 2. The number of hydrogen-bond acceptors (Lipinski definition) is 4. The molecule has 1 aliphatic heterocycles. The summed E-state index contributed by atoms with van der Waals surface area (Å²) in [7, 11) is 2.28. The standard InChI is InChI=1S/C15H12FN5.C8H15N/c1-9-5-13(19-21-7-10(2)18-14(9)21)11-6-12(16)15-17-3-4-20(15)8-11;1-9-7-3-2-4-8(9)5-6-8/h3-8H,1-2H3;2-7H2,1H3. The van der Waals surface area contributed by atoms with E-state index < -0.39 is 0 Å². The van der Waals surface area contributed by atoms with Crippen LogP contribution in [0.15, 0.2) is 36.9 Å². The van der Waals surface area contributed by atoms with Gasteiger partial charge >= 0.3 is 0 Å². The summed E-state index contributed by atoms with van der Waals surface area (Å²) >= 11 is 0. The lowest BCUT2D eigenvalue weighted by Gasteiger charge is -2.32. The maximum absolute atomic E-state index is 14.1. The van der Waals surface area contributed by atoms with E-state index in [2.05, 4.69) is 27.0 Å². The molecule has 4 aromatic rings. The van der Waals surface area contributed by atoms with Gasteiger partial charge in [0.05, 0.1) is 17.6 Å². The molecule has 2 aliphatic rings. The van der Waals surface area contributed by atoms with Gasteiger partial charge in [0.15, 0.2) is 17.1 Å². The van der Waals surface area contributed by atoms with Crippen LogP contribution >= 0.6 is 0 Å². The fourth-order valence-electron chi connectivity index (χ4n) is 4.52. The molecular formula is C23H27FN6. The van der Waals surface area contributed by atoms with E-state index >= 15 is 0 Å². The summed E-state index contributed by atoms with van der Waals surface area (Å²) < 4.78 is 17.4. The van der Waals surface area contributed by atoms with Crippen LogP contribution in [0.2, 0.25) is 0 Å². The maximum atomic E-state index is 14.1. The highest BCUT2D eigenvalue weighted by molar-refractivity contribution is 5.64. The Morgan fingerprint density at radius 3 is 2.60 bits per heavy atom. The number of halogens is 1. The lowest BCUT2D eigenvalue weighted by Crippen LogP contribution is -2.37. The first-order valence-electron chi connectivity index (χ1n) is 10.6. The van der Waals surface area contributed by atoms with Gasteiger partial charge in [-0.05, 0) is 70.8 Å². The molecule has 6 rings (SSSR count). The van der Waals surface area contributed by atoms with Crippen molar-refractivity contribution >= 4 is 11.3 Å². The van der Waals surface area contributed by atoms with Gasteiger partial charge in [0.2, 0.25) is 0 Å². The Hall–Kier alpha value is -2.80. The van der Waals surface area contributed by atoms with Gasteiger partial charge in [-0.2, -0.15) is 5.10 Å². The third-order valence-corrected chi connectivity index (χ3v) is 6.49. The van der Waals surface area contributed by atoms with Crippen LogP contribution in [0, 0.1) is 19.7 Å². The van der Waals surface area contributed by atoms with Crippen molar-refractivity contribution in [3.8, 4) is 11.3 Å². The van der Waals surface area contributed by atoms with Crippen molar-refractivity contribution in [2.45, 2.75) is 51.5 Å². The van der Waals surface area contributed by atoms with Crippen molar-refractivity contribution in [2.75, 3.05) is 13.6 Å². The van der Waals surface area contributed by atoms with Gasteiger partial charge in [0.1, 0.15) is 0 Å². The van der Waals surface area contributed by atoms with E-state index in [0.29, 0.717) is 16.9 Å². The van der Waals surface area contributed by atoms with Crippen LogP contribution in [-0.4, -0.2) is 48.0 Å². The topological polar surface area (TPSA) is 50.7 Å². The highest BCUT2D eigenvalue weighted by Crippen LogP contribution is 2.47. The van der Waals surface area contributed by atoms with E-state index in [4.69, 9.17) is 0 Å². The Bertz CT molecular complexity index is 1220. The molecule has 0 N–H and O–H groups in total. The molecule has 0 amide bonds. The van der Waals surface area contributed by atoms with Crippen molar-refractivity contribution in [1.29, 1.82) is 0 Å². The number of aromatic nitrogens is 5. The average molecular weight is 407 g/mol. The molecule has 1 saturated heterocycles. The normalized spacial score (nSPS) is 18.0. The number of likely N-dealkylation sites (tertiary alicyclic amines) is 1. The van der Waals surface area contributed by atoms with Gasteiger partial charge in [-0.15, -0.1) is 0 Å². The SMILES string of the molecule is CN1CCCCC12CC2.Cc1cn2nc(-c3cc(F)c4nccn4c3)cc(C)c2n1. The molecule has 0 unspecified atom stereocenters. The van der Waals surface area contributed by atoms with Crippen molar-refractivity contribution in [3.63, 3.8) is 0 Å². The summed E-state index contributed by atoms with van der Waals surface area (Å²) in [6, 6.07) is 3.37. The van der Waals surface area contributed by atoms with Crippen LogP contribution in [0.3, 0.4) is 0 Å². The molecule has 1 aliphatic carbocycles. The van der Waals surface area contributed by atoms with Gasteiger partial charge in [0, 0.05) is 29.7 Å². The summed E-state index contributed by atoms with van der Waals surface area (Å²) in [6.07, 6.45) is 14.3. The second-order valence-electron chi connectivity index (χ2n) is 8.70. The number of hydrogen-bond donors (Lipinski definition) is 0. The smallest absolute Gasteiger partial charge is 0.173 e. The molecule has 4 aromatic heterocycles. The van der Waals surface area contributed by atoms with Gasteiger partial charge in [0.25, 0.3) is 0 Å². The number of piperidine rings is 1. The summed E-state index contributed by atoms with van der Waals surface area (Å²) in [5.74, 6) is -0.362.